The molecule has 38 heavy (non-hydrogen) atoms. The third-order valence-electron chi connectivity index (χ3n) is 6.96. The molecule has 3 aromatic heterocycles. The van der Waals surface area contributed by atoms with Gasteiger partial charge in [-0.3, -0.25) is 9.78 Å². The van der Waals surface area contributed by atoms with Gasteiger partial charge in [0.15, 0.2) is 5.43 Å². The van der Waals surface area contributed by atoms with Crippen LogP contribution in [-0.2, 0) is 13.0 Å². The minimum Gasteiger partial charge on any atom is -0.489 e. The fourth-order valence-electron chi connectivity index (χ4n) is 5.19. The van der Waals surface area contributed by atoms with Crippen molar-refractivity contribution in [2.24, 2.45) is 0 Å². The van der Waals surface area contributed by atoms with E-state index in [-0.39, 0.29) is 12.0 Å². The third kappa shape index (κ3) is 3.70. The Labute approximate surface area is 224 Å². The van der Waals surface area contributed by atoms with E-state index < -0.39 is 6.10 Å². The number of hydrogen-bond donors (Lipinski definition) is 2. The van der Waals surface area contributed by atoms with Gasteiger partial charge in [0.1, 0.15) is 29.5 Å². The molecule has 1 aliphatic heterocycles. The van der Waals surface area contributed by atoms with Crippen molar-refractivity contribution in [2.75, 3.05) is 0 Å². The zero-order valence-electron chi connectivity index (χ0n) is 19.9. The van der Waals surface area contributed by atoms with Crippen LogP contribution in [0.3, 0.4) is 0 Å². The predicted molar refractivity (Wildman–Crippen MR) is 147 cm³/mol. The first-order chi connectivity index (χ1) is 18.6. The quantitative estimate of drug-likeness (QED) is 0.305. The molecule has 186 valence electrons. The molecule has 1 atom stereocenters. The summed E-state index contributed by atoms with van der Waals surface area (Å²) in [6.07, 6.45) is 4.88. The van der Waals surface area contributed by atoms with Crippen LogP contribution in [0.15, 0.2) is 88.5 Å². The van der Waals surface area contributed by atoms with Gasteiger partial charge in [-0.2, -0.15) is 15.4 Å². The van der Waals surface area contributed by atoms with E-state index in [0.717, 1.165) is 37.9 Å². The van der Waals surface area contributed by atoms with Gasteiger partial charge in [-0.25, -0.2) is 0 Å². The van der Waals surface area contributed by atoms with Crippen LogP contribution in [0.4, 0.5) is 0 Å². The number of hydrogen-bond acceptors (Lipinski definition) is 6. The first-order valence-corrected chi connectivity index (χ1v) is 12.9. The maximum atomic E-state index is 13.8. The highest BCUT2D eigenvalue weighted by Crippen LogP contribution is 2.41. The lowest BCUT2D eigenvalue weighted by Crippen LogP contribution is -2.21. The van der Waals surface area contributed by atoms with Crippen LogP contribution < -0.4 is 10.2 Å². The van der Waals surface area contributed by atoms with E-state index >= 15 is 0 Å². The van der Waals surface area contributed by atoms with Crippen molar-refractivity contribution < 1.29 is 9.84 Å². The number of aliphatic hydroxyl groups is 1. The van der Waals surface area contributed by atoms with Gasteiger partial charge >= 0.3 is 0 Å². The Kier molecular flexibility index (Phi) is 5.34. The van der Waals surface area contributed by atoms with Crippen molar-refractivity contribution in [1.29, 1.82) is 0 Å². The summed E-state index contributed by atoms with van der Waals surface area (Å²) in [6.45, 7) is 0.233. The van der Waals surface area contributed by atoms with Crippen molar-refractivity contribution >= 4 is 37.9 Å². The minimum absolute atomic E-state index is 0.0989. The molecule has 0 saturated heterocycles. The molecule has 1 aliphatic rings. The van der Waals surface area contributed by atoms with Gasteiger partial charge in [-0.1, -0.05) is 34.1 Å². The molecular formula is C29H20BrN5O3. The molecule has 1 unspecified atom stereocenters. The number of aromatic amines is 1. The largest absolute Gasteiger partial charge is 0.489 e. The Morgan fingerprint density at radius 3 is 2.82 bits per heavy atom. The Morgan fingerprint density at radius 1 is 1.03 bits per heavy atom. The number of benzene rings is 3. The minimum atomic E-state index is -0.920. The molecule has 6 aromatic rings. The van der Waals surface area contributed by atoms with Crippen LogP contribution >= 0.6 is 15.9 Å². The molecule has 4 heterocycles. The van der Waals surface area contributed by atoms with Crippen LogP contribution in [0.2, 0.25) is 0 Å². The van der Waals surface area contributed by atoms with Crippen LogP contribution in [-0.4, -0.2) is 30.1 Å². The van der Waals surface area contributed by atoms with E-state index in [4.69, 9.17) is 4.74 Å². The summed E-state index contributed by atoms with van der Waals surface area (Å²) in [4.78, 5) is 18.0. The second-order valence-electron chi connectivity index (χ2n) is 9.30. The number of H-pyrrole nitrogens is 1. The highest BCUT2D eigenvalue weighted by Gasteiger charge is 2.28. The molecule has 0 spiro atoms. The van der Waals surface area contributed by atoms with Crippen LogP contribution in [0.5, 0.6) is 5.75 Å². The Hall–Kier alpha value is -4.34. The van der Waals surface area contributed by atoms with Crippen molar-refractivity contribution in [3.05, 3.63) is 122 Å². The van der Waals surface area contributed by atoms with Crippen molar-refractivity contribution in [3.63, 3.8) is 0 Å². The van der Waals surface area contributed by atoms with E-state index in [1.807, 2.05) is 65.4 Å². The lowest BCUT2D eigenvalue weighted by atomic mass is 9.91. The number of para-hydroxylation sites is 1. The smallest absolute Gasteiger partial charge is 0.193 e. The summed E-state index contributed by atoms with van der Waals surface area (Å²) in [7, 11) is 0. The van der Waals surface area contributed by atoms with Crippen molar-refractivity contribution in [3.8, 4) is 11.4 Å². The van der Waals surface area contributed by atoms with Gasteiger partial charge in [-0.05, 0) is 48.0 Å². The molecule has 8 nitrogen and oxygen atoms in total. The molecule has 0 bridgehead atoms. The molecule has 2 N–H and O–H groups in total. The van der Waals surface area contributed by atoms with Gasteiger partial charge in [0.25, 0.3) is 0 Å². The highest BCUT2D eigenvalue weighted by molar-refractivity contribution is 9.10. The van der Waals surface area contributed by atoms with Gasteiger partial charge in [-0.15, -0.1) is 0 Å². The summed E-state index contributed by atoms with van der Waals surface area (Å²) in [5.41, 5.74) is 6.69. The summed E-state index contributed by atoms with van der Waals surface area (Å²) < 4.78 is 9.06. The molecule has 0 fully saturated rings. The average molecular weight is 566 g/mol. The topological polar surface area (TPSA) is 106 Å². The maximum absolute atomic E-state index is 13.8. The monoisotopic (exact) mass is 565 g/mol. The summed E-state index contributed by atoms with van der Waals surface area (Å²) in [5, 5.41) is 22.9. The number of pyridine rings is 2. The van der Waals surface area contributed by atoms with Gasteiger partial charge in [0, 0.05) is 51.7 Å². The lowest BCUT2D eigenvalue weighted by Gasteiger charge is -2.28. The van der Waals surface area contributed by atoms with Gasteiger partial charge in [0.2, 0.25) is 0 Å². The number of fused-ring (bicyclic) bond motifs is 3. The van der Waals surface area contributed by atoms with E-state index in [9.17, 15) is 9.90 Å². The van der Waals surface area contributed by atoms with Crippen LogP contribution in [0.1, 0.15) is 33.9 Å². The standard InChI is InChI=1S/C29H20BrN5O3/c30-19-6-7-25-21(10-19)29(37)23-12-20(38-15-17-4-1-5-24-26(17)33-34-32-24)11-22-27(23)35(25)14-18(28(22)36)9-16-3-2-8-31-13-16/h1-8,10-14,29,37H,9,15H2,(H,32,33,34). The molecule has 7 rings (SSSR count). The maximum Gasteiger partial charge on any atom is 0.193 e. The molecular weight excluding hydrogens is 546 g/mol. The summed E-state index contributed by atoms with van der Waals surface area (Å²) in [5.74, 6) is 0.493. The molecule has 9 heteroatoms. The molecule has 0 amide bonds. The zero-order chi connectivity index (χ0) is 25.8. The molecule has 0 radical (unpaired) electrons. The predicted octanol–water partition coefficient (Wildman–Crippen LogP) is 4.98. The number of halogens is 1. The third-order valence-corrected chi connectivity index (χ3v) is 7.45. The summed E-state index contributed by atoms with van der Waals surface area (Å²) >= 11 is 3.53. The number of ether oxygens (including phenoxy) is 1. The van der Waals surface area contributed by atoms with E-state index in [1.165, 1.54) is 0 Å². The Morgan fingerprint density at radius 2 is 1.95 bits per heavy atom. The van der Waals surface area contributed by atoms with Crippen molar-refractivity contribution in [1.82, 2.24) is 25.0 Å². The first kappa shape index (κ1) is 22.8. The van der Waals surface area contributed by atoms with Gasteiger partial charge < -0.3 is 14.4 Å². The average Bonchev–Trinajstić information content (AvgIpc) is 3.43. The molecule has 0 aliphatic carbocycles. The van der Waals surface area contributed by atoms with E-state index in [1.54, 1.807) is 18.5 Å². The van der Waals surface area contributed by atoms with E-state index in [2.05, 4.69) is 36.3 Å². The number of nitrogens with zero attached hydrogens (tertiary/aromatic N) is 4. The molecule has 0 saturated carbocycles. The Balaban J connectivity index is 1.40. The van der Waals surface area contributed by atoms with Crippen LogP contribution in [0, 0.1) is 0 Å². The SMILES string of the molecule is O=c1c(Cc2cccnc2)cn2c3c(cc(OCc4cccc5n[nH]nc45)cc13)C(O)c1cc(Br)ccc1-2. The second-order valence-corrected chi connectivity index (χ2v) is 10.2. The van der Waals surface area contributed by atoms with E-state index in [0.29, 0.717) is 34.2 Å². The Bertz CT molecular complexity index is 1920. The normalized spacial score (nSPS) is 14.1. The second kappa shape index (κ2) is 8.90. The summed E-state index contributed by atoms with van der Waals surface area (Å²) in [6, 6.07) is 18.9. The number of nitrogens with one attached hydrogen (secondary N) is 1. The van der Waals surface area contributed by atoms with Crippen molar-refractivity contribution in [2.45, 2.75) is 19.1 Å². The highest BCUT2D eigenvalue weighted by atomic mass is 79.9. The number of aliphatic hydroxyl groups excluding tert-OH is 1. The first-order valence-electron chi connectivity index (χ1n) is 12.1. The fraction of sp³-hybridized carbons (Fsp3) is 0.103. The fourth-order valence-corrected chi connectivity index (χ4v) is 5.57. The number of rotatable bonds is 5. The zero-order valence-corrected chi connectivity index (χ0v) is 21.5. The van der Waals surface area contributed by atoms with Crippen LogP contribution in [0.25, 0.3) is 27.6 Å². The van der Waals surface area contributed by atoms with Gasteiger partial charge in [0.05, 0.1) is 16.6 Å². The molecule has 3 aromatic carbocycles. The number of aromatic nitrogens is 5. The lowest BCUT2D eigenvalue weighted by molar-refractivity contribution is 0.218.